The van der Waals surface area contributed by atoms with Crippen molar-refractivity contribution in [2.24, 2.45) is 0 Å². The molecule has 0 radical (unpaired) electrons. The predicted octanol–water partition coefficient (Wildman–Crippen LogP) is 3.18. The summed E-state index contributed by atoms with van der Waals surface area (Å²) in [6, 6.07) is 21.4. The molecule has 0 aliphatic carbocycles. The van der Waals surface area contributed by atoms with Crippen molar-refractivity contribution in [1.29, 1.82) is 0 Å². The van der Waals surface area contributed by atoms with Crippen molar-refractivity contribution < 1.29 is 9.53 Å². The van der Waals surface area contributed by atoms with Crippen LogP contribution in [0.2, 0.25) is 0 Å². The zero-order chi connectivity index (χ0) is 14.7. The molecule has 1 saturated heterocycles. The highest BCUT2D eigenvalue weighted by molar-refractivity contribution is 5.66. The van der Waals surface area contributed by atoms with Crippen LogP contribution in [0.5, 0.6) is 0 Å². The van der Waals surface area contributed by atoms with Crippen LogP contribution >= 0.6 is 0 Å². The third kappa shape index (κ3) is 3.31. The molecule has 1 unspecified atom stereocenters. The number of benzene rings is 2. The molecule has 2 aromatic rings. The molecule has 0 amide bonds. The van der Waals surface area contributed by atoms with Crippen LogP contribution in [0.4, 0.5) is 0 Å². The van der Waals surface area contributed by atoms with Crippen LogP contribution in [0, 0.1) is 0 Å². The number of esters is 1. The Balaban J connectivity index is 1.72. The van der Waals surface area contributed by atoms with Gasteiger partial charge in [-0.3, -0.25) is 9.69 Å². The van der Waals surface area contributed by atoms with E-state index in [9.17, 15) is 4.79 Å². The molecule has 2 aromatic carbocycles. The fraction of sp³-hybridized carbons (Fsp3) is 0.278. The molecular weight excluding hydrogens is 262 g/mol. The van der Waals surface area contributed by atoms with Crippen molar-refractivity contribution in [3.63, 3.8) is 0 Å². The van der Waals surface area contributed by atoms with Gasteiger partial charge in [0.1, 0.15) is 6.61 Å². The first-order valence-corrected chi connectivity index (χ1v) is 7.23. The van der Waals surface area contributed by atoms with Gasteiger partial charge in [0.25, 0.3) is 0 Å². The van der Waals surface area contributed by atoms with Gasteiger partial charge in [-0.25, -0.2) is 0 Å². The van der Waals surface area contributed by atoms with Crippen molar-refractivity contribution >= 4 is 5.97 Å². The van der Waals surface area contributed by atoms with E-state index in [-0.39, 0.29) is 12.0 Å². The SMILES string of the molecule is CC(=O)OC[C@H]1[C@@H](c2ccccc2)N1Cc1ccccc1. The van der Waals surface area contributed by atoms with Crippen molar-refractivity contribution in [3.8, 4) is 0 Å². The van der Waals surface area contributed by atoms with E-state index in [4.69, 9.17) is 4.74 Å². The second kappa shape index (κ2) is 6.10. The highest BCUT2D eigenvalue weighted by Gasteiger charge is 2.48. The highest BCUT2D eigenvalue weighted by Crippen LogP contribution is 2.44. The summed E-state index contributed by atoms with van der Waals surface area (Å²) in [7, 11) is 0. The fourth-order valence-electron chi connectivity index (χ4n) is 2.79. The van der Waals surface area contributed by atoms with Gasteiger partial charge in [-0.1, -0.05) is 60.7 Å². The number of rotatable bonds is 5. The lowest BCUT2D eigenvalue weighted by molar-refractivity contribution is -0.141. The van der Waals surface area contributed by atoms with Crippen molar-refractivity contribution in [2.75, 3.05) is 6.61 Å². The Hall–Kier alpha value is -2.13. The van der Waals surface area contributed by atoms with Gasteiger partial charge in [0.05, 0.1) is 12.1 Å². The second-order valence-corrected chi connectivity index (χ2v) is 5.38. The second-order valence-electron chi connectivity index (χ2n) is 5.38. The molecule has 21 heavy (non-hydrogen) atoms. The van der Waals surface area contributed by atoms with Gasteiger partial charge >= 0.3 is 5.97 Å². The topological polar surface area (TPSA) is 29.3 Å². The maximum absolute atomic E-state index is 11.0. The van der Waals surface area contributed by atoms with Crippen LogP contribution in [0.25, 0.3) is 0 Å². The lowest BCUT2D eigenvalue weighted by atomic mass is 10.1. The first-order chi connectivity index (χ1) is 10.3. The highest BCUT2D eigenvalue weighted by atomic mass is 16.5. The van der Waals surface area contributed by atoms with E-state index in [1.165, 1.54) is 18.1 Å². The van der Waals surface area contributed by atoms with Gasteiger partial charge < -0.3 is 4.74 Å². The van der Waals surface area contributed by atoms with Crippen molar-refractivity contribution in [2.45, 2.75) is 25.6 Å². The van der Waals surface area contributed by atoms with Crippen molar-refractivity contribution in [3.05, 3.63) is 71.8 Å². The lowest BCUT2D eigenvalue weighted by Gasteiger charge is -2.04. The van der Waals surface area contributed by atoms with Gasteiger partial charge in [0.2, 0.25) is 0 Å². The maximum Gasteiger partial charge on any atom is 0.302 e. The van der Waals surface area contributed by atoms with Gasteiger partial charge in [-0.15, -0.1) is 0 Å². The first kappa shape index (κ1) is 13.8. The minimum absolute atomic E-state index is 0.214. The monoisotopic (exact) mass is 281 g/mol. The fourth-order valence-corrected chi connectivity index (χ4v) is 2.79. The third-order valence-corrected chi connectivity index (χ3v) is 3.86. The molecule has 3 nitrogen and oxygen atoms in total. The van der Waals surface area contributed by atoms with E-state index >= 15 is 0 Å². The quantitative estimate of drug-likeness (QED) is 0.622. The van der Waals surface area contributed by atoms with Crippen molar-refractivity contribution in [1.82, 2.24) is 4.90 Å². The summed E-state index contributed by atoms with van der Waals surface area (Å²) >= 11 is 0. The smallest absolute Gasteiger partial charge is 0.302 e. The summed E-state index contributed by atoms with van der Waals surface area (Å²) in [5.41, 5.74) is 2.56. The van der Waals surface area contributed by atoms with Gasteiger partial charge in [-0.2, -0.15) is 0 Å². The largest absolute Gasteiger partial charge is 0.464 e. The summed E-state index contributed by atoms with van der Waals surface area (Å²) in [4.78, 5) is 13.4. The molecule has 0 spiro atoms. The van der Waals surface area contributed by atoms with E-state index in [1.807, 2.05) is 12.1 Å². The molecule has 0 N–H and O–H groups in total. The molecule has 1 heterocycles. The van der Waals surface area contributed by atoms with Gasteiger partial charge in [0, 0.05) is 13.5 Å². The summed E-state index contributed by atoms with van der Waals surface area (Å²) in [5, 5.41) is 0. The lowest BCUT2D eigenvalue weighted by Crippen LogP contribution is -2.11. The van der Waals surface area contributed by atoms with Crippen LogP contribution < -0.4 is 0 Å². The zero-order valence-corrected chi connectivity index (χ0v) is 12.1. The zero-order valence-electron chi connectivity index (χ0n) is 12.1. The first-order valence-electron chi connectivity index (χ1n) is 7.23. The van der Waals surface area contributed by atoms with Crippen LogP contribution in [0.3, 0.4) is 0 Å². The Morgan fingerprint density at radius 2 is 1.67 bits per heavy atom. The Bertz CT molecular complexity index is 597. The summed E-state index contributed by atoms with van der Waals surface area (Å²) < 4.78 is 5.20. The van der Waals surface area contributed by atoms with Crippen LogP contribution in [-0.4, -0.2) is 23.5 Å². The molecule has 1 fully saturated rings. The van der Waals surface area contributed by atoms with Crippen LogP contribution in [-0.2, 0) is 16.1 Å². The molecule has 3 rings (SSSR count). The Morgan fingerprint density at radius 3 is 2.29 bits per heavy atom. The van der Waals surface area contributed by atoms with E-state index in [0.717, 1.165) is 6.54 Å². The molecule has 1 aliphatic rings. The molecule has 0 bridgehead atoms. The van der Waals surface area contributed by atoms with Gasteiger partial charge in [-0.05, 0) is 11.1 Å². The third-order valence-electron chi connectivity index (χ3n) is 3.86. The number of carbonyl (C=O) groups excluding carboxylic acids is 1. The standard InChI is InChI=1S/C18H19NO2/c1-14(20)21-13-17-18(16-10-6-3-7-11-16)19(17)12-15-8-4-2-5-9-15/h2-11,17-18H,12-13H2,1H3/t17-,18+,19?/m0/s1. The van der Waals surface area contributed by atoms with Crippen LogP contribution in [0.15, 0.2) is 60.7 Å². The maximum atomic E-state index is 11.0. The normalized spacial score (nSPS) is 23.6. The Kier molecular flexibility index (Phi) is 4.02. The van der Waals surface area contributed by atoms with E-state index < -0.39 is 0 Å². The minimum atomic E-state index is -0.214. The molecule has 3 atom stereocenters. The number of nitrogens with zero attached hydrogens (tertiary/aromatic N) is 1. The van der Waals surface area contributed by atoms with E-state index in [2.05, 4.69) is 53.4 Å². The van der Waals surface area contributed by atoms with Gasteiger partial charge in [0.15, 0.2) is 0 Å². The summed E-state index contributed by atoms with van der Waals surface area (Å²) in [6.45, 7) is 2.80. The number of hydrogen-bond donors (Lipinski definition) is 0. The van der Waals surface area contributed by atoms with Crippen LogP contribution in [0.1, 0.15) is 24.1 Å². The number of carbonyl (C=O) groups is 1. The Morgan fingerprint density at radius 1 is 1.05 bits per heavy atom. The molecule has 1 aliphatic heterocycles. The molecule has 108 valence electrons. The molecule has 0 aromatic heterocycles. The molecule has 0 saturated carbocycles. The Labute approximate surface area is 125 Å². The summed E-state index contributed by atoms with van der Waals surface area (Å²) in [6.07, 6.45) is 0. The summed E-state index contributed by atoms with van der Waals surface area (Å²) in [5.74, 6) is -0.214. The minimum Gasteiger partial charge on any atom is -0.464 e. The van der Waals surface area contributed by atoms with E-state index in [0.29, 0.717) is 12.6 Å². The average molecular weight is 281 g/mol. The predicted molar refractivity (Wildman–Crippen MR) is 81.6 cm³/mol. The molecule has 3 heteroatoms. The number of ether oxygens (including phenoxy) is 1. The average Bonchev–Trinajstić information content (AvgIpc) is 3.19. The number of hydrogen-bond acceptors (Lipinski definition) is 3. The molecular formula is C18H19NO2. The van der Waals surface area contributed by atoms with E-state index in [1.54, 1.807) is 0 Å².